The Kier molecular flexibility index (Phi) is 4.88. The Morgan fingerprint density at radius 2 is 2.07 bits per heavy atom. The van der Waals surface area contributed by atoms with Crippen LogP contribution in [0.2, 0.25) is 0 Å². The summed E-state index contributed by atoms with van der Waals surface area (Å²) in [5.41, 5.74) is -0.0791. The number of hydrogen-bond donors (Lipinski definition) is 0. The quantitative estimate of drug-likeness (QED) is 0.659. The summed E-state index contributed by atoms with van der Waals surface area (Å²) in [6.45, 7) is 7.76. The fourth-order valence-electron chi connectivity index (χ4n) is 1.35. The van der Waals surface area contributed by atoms with Gasteiger partial charge in [0.1, 0.15) is 0 Å². The van der Waals surface area contributed by atoms with Crippen LogP contribution < -0.4 is 0 Å². The lowest BCUT2D eigenvalue weighted by Crippen LogP contribution is -2.32. The Bertz CT molecular complexity index is 167. The lowest BCUT2D eigenvalue weighted by atomic mass is 10.2. The molecule has 1 aliphatic carbocycles. The maximum absolute atomic E-state index is 5.82. The summed E-state index contributed by atoms with van der Waals surface area (Å²) in [4.78, 5) is 0. The van der Waals surface area contributed by atoms with Crippen LogP contribution in [0.25, 0.3) is 0 Å². The molecular weight excluding hydrogens is 244 g/mol. The van der Waals surface area contributed by atoms with Crippen LogP contribution in [0.4, 0.5) is 0 Å². The van der Waals surface area contributed by atoms with Crippen molar-refractivity contribution in [2.24, 2.45) is 5.92 Å². The summed E-state index contributed by atoms with van der Waals surface area (Å²) in [5.74, 6) is 0.751. The van der Waals surface area contributed by atoms with Crippen molar-refractivity contribution in [3.05, 3.63) is 0 Å². The summed E-state index contributed by atoms with van der Waals surface area (Å²) in [6, 6.07) is 0. The molecule has 0 heterocycles. The molecule has 1 saturated carbocycles. The minimum absolute atomic E-state index is 0.0791. The Morgan fingerprint density at radius 3 is 2.50 bits per heavy atom. The van der Waals surface area contributed by atoms with E-state index in [4.69, 9.17) is 9.47 Å². The number of alkyl halides is 1. The lowest BCUT2D eigenvalue weighted by Gasteiger charge is -2.26. The van der Waals surface area contributed by atoms with E-state index in [1.54, 1.807) is 0 Å². The summed E-state index contributed by atoms with van der Waals surface area (Å²) < 4.78 is 11.5. The lowest BCUT2D eigenvalue weighted by molar-refractivity contribution is -0.0745. The van der Waals surface area contributed by atoms with Gasteiger partial charge in [-0.2, -0.15) is 0 Å². The monoisotopic (exact) mass is 264 g/mol. The van der Waals surface area contributed by atoms with Crippen molar-refractivity contribution in [3.63, 3.8) is 0 Å². The van der Waals surface area contributed by atoms with Crippen molar-refractivity contribution < 1.29 is 9.47 Å². The molecule has 1 atom stereocenters. The number of rotatable bonds is 7. The second-order valence-corrected chi connectivity index (χ2v) is 5.10. The Morgan fingerprint density at radius 1 is 1.43 bits per heavy atom. The van der Waals surface area contributed by atoms with E-state index >= 15 is 0 Å². The van der Waals surface area contributed by atoms with Crippen LogP contribution in [0.5, 0.6) is 0 Å². The molecule has 14 heavy (non-hydrogen) atoms. The van der Waals surface area contributed by atoms with E-state index in [1.165, 1.54) is 12.8 Å². The molecule has 0 N–H and O–H groups in total. The zero-order valence-electron chi connectivity index (χ0n) is 9.38. The number of hydrogen-bond acceptors (Lipinski definition) is 2. The Hall–Kier alpha value is 0.400. The topological polar surface area (TPSA) is 18.5 Å². The first-order valence-corrected chi connectivity index (χ1v) is 6.52. The average Bonchev–Trinajstić information content (AvgIpc) is 2.95. The summed E-state index contributed by atoms with van der Waals surface area (Å²) >= 11 is 3.45. The average molecular weight is 265 g/mol. The molecule has 0 spiro atoms. The van der Waals surface area contributed by atoms with Gasteiger partial charge >= 0.3 is 0 Å². The SMILES string of the molecule is CCOC(COC(C)(C)CBr)C1CC1. The highest BCUT2D eigenvalue weighted by molar-refractivity contribution is 9.09. The summed E-state index contributed by atoms with van der Waals surface area (Å²) in [5, 5.41) is 0.865. The third kappa shape index (κ3) is 4.28. The molecule has 0 aromatic heterocycles. The first-order chi connectivity index (χ1) is 6.59. The predicted octanol–water partition coefficient (Wildman–Crippen LogP) is 2.99. The smallest absolute Gasteiger partial charge is 0.0836 e. The van der Waals surface area contributed by atoms with Gasteiger partial charge in [0.25, 0.3) is 0 Å². The molecule has 0 aliphatic heterocycles. The van der Waals surface area contributed by atoms with Crippen LogP contribution in [0.15, 0.2) is 0 Å². The van der Waals surface area contributed by atoms with Crippen molar-refractivity contribution in [3.8, 4) is 0 Å². The third-order valence-electron chi connectivity index (χ3n) is 2.49. The summed E-state index contributed by atoms with van der Waals surface area (Å²) in [7, 11) is 0. The first kappa shape index (κ1) is 12.5. The number of ether oxygens (including phenoxy) is 2. The molecule has 2 nitrogen and oxygen atoms in total. The van der Waals surface area contributed by atoms with Gasteiger partial charge in [0.05, 0.1) is 18.3 Å². The Balaban J connectivity index is 2.25. The highest BCUT2D eigenvalue weighted by Crippen LogP contribution is 2.35. The second-order valence-electron chi connectivity index (χ2n) is 4.54. The van der Waals surface area contributed by atoms with Crippen molar-refractivity contribution in [1.82, 2.24) is 0 Å². The zero-order valence-corrected chi connectivity index (χ0v) is 11.0. The highest BCUT2D eigenvalue weighted by Gasteiger charge is 2.33. The van der Waals surface area contributed by atoms with E-state index in [9.17, 15) is 0 Å². The molecule has 1 rings (SSSR count). The van der Waals surface area contributed by atoms with Crippen LogP contribution in [0.1, 0.15) is 33.6 Å². The van der Waals surface area contributed by atoms with Crippen LogP contribution in [0.3, 0.4) is 0 Å². The van der Waals surface area contributed by atoms with Crippen molar-refractivity contribution >= 4 is 15.9 Å². The molecule has 0 aromatic carbocycles. The number of halogens is 1. The minimum atomic E-state index is -0.0791. The highest BCUT2D eigenvalue weighted by atomic mass is 79.9. The van der Waals surface area contributed by atoms with Gasteiger partial charge in [-0.15, -0.1) is 0 Å². The predicted molar refractivity (Wildman–Crippen MR) is 62.0 cm³/mol. The minimum Gasteiger partial charge on any atom is -0.376 e. The largest absolute Gasteiger partial charge is 0.376 e. The molecule has 84 valence electrons. The standard InChI is InChI=1S/C11H21BrO2/c1-4-13-10(9-5-6-9)7-14-11(2,3)8-12/h9-10H,4-8H2,1-3H3. The van der Waals surface area contributed by atoms with Gasteiger partial charge < -0.3 is 9.47 Å². The van der Waals surface area contributed by atoms with Gasteiger partial charge in [0.15, 0.2) is 0 Å². The second kappa shape index (κ2) is 5.47. The van der Waals surface area contributed by atoms with E-state index in [-0.39, 0.29) is 5.60 Å². The van der Waals surface area contributed by atoms with Crippen LogP contribution in [-0.4, -0.2) is 30.2 Å². The zero-order chi connectivity index (χ0) is 10.6. The van der Waals surface area contributed by atoms with E-state index in [0.717, 1.165) is 24.5 Å². The van der Waals surface area contributed by atoms with Gasteiger partial charge in [0.2, 0.25) is 0 Å². The molecule has 0 amide bonds. The van der Waals surface area contributed by atoms with Crippen LogP contribution in [-0.2, 0) is 9.47 Å². The molecule has 1 unspecified atom stereocenters. The van der Waals surface area contributed by atoms with Crippen LogP contribution in [0, 0.1) is 5.92 Å². The summed E-state index contributed by atoms with van der Waals surface area (Å²) in [6.07, 6.45) is 2.93. The van der Waals surface area contributed by atoms with Gasteiger partial charge in [-0.3, -0.25) is 0 Å². The van der Waals surface area contributed by atoms with Crippen LogP contribution >= 0.6 is 15.9 Å². The third-order valence-corrected chi connectivity index (χ3v) is 3.84. The molecule has 0 radical (unpaired) electrons. The van der Waals surface area contributed by atoms with Crippen molar-refractivity contribution in [2.75, 3.05) is 18.5 Å². The van der Waals surface area contributed by atoms with Crippen molar-refractivity contribution in [1.29, 1.82) is 0 Å². The van der Waals surface area contributed by atoms with Crippen molar-refractivity contribution in [2.45, 2.75) is 45.3 Å². The fraction of sp³-hybridized carbons (Fsp3) is 1.00. The molecule has 1 fully saturated rings. The molecular formula is C11H21BrO2. The van der Waals surface area contributed by atoms with E-state index in [1.807, 2.05) is 6.92 Å². The van der Waals surface area contributed by atoms with Gasteiger partial charge in [0, 0.05) is 11.9 Å². The molecule has 0 bridgehead atoms. The Labute approximate surface area is 95.5 Å². The molecule has 0 saturated heterocycles. The van der Waals surface area contributed by atoms with E-state index in [2.05, 4.69) is 29.8 Å². The maximum atomic E-state index is 5.82. The van der Waals surface area contributed by atoms with E-state index in [0.29, 0.717) is 6.10 Å². The van der Waals surface area contributed by atoms with Gasteiger partial charge in [-0.05, 0) is 39.5 Å². The molecule has 3 heteroatoms. The maximum Gasteiger partial charge on any atom is 0.0836 e. The normalized spacial score (nSPS) is 19.7. The first-order valence-electron chi connectivity index (χ1n) is 5.40. The van der Waals surface area contributed by atoms with Gasteiger partial charge in [-0.25, -0.2) is 0 Å². The molecule has 1 aliphatic rings. The van der Waals surface area contributed by atoms with E-state index < -0.39 is 0 Å². The fourth-order valence-corrected chi connectivity index (χ4v) is 1.51. The molecule has 0 aromatic rings. The van der Waals surface area contributed by atoms with Gasteiger partial charge in [-0.1, -0.05) is 15.9 Å².